The Hall–Kier alpha value is -5.27. The molecule has 1 saturated heterocycles. The van der Waals surface area contributed by atoms with E-state index in [4.69, 9.17) is 14.2 Å². The van der Waals surface area contributed by atoms with Crippen LogP contribution in [0.1, 0.15) is 38.3 Å². The van der Waals surface area contributed by atoms with Gasteiger partial charge in [0.1, 0.15) is 17.1 Å². The molecule has 0 spiro atoms. The van der Waals surface area contributed by atoms with Gasteiger partial charge >= 0.3 is 0 Å². The number of hydrogen-bond acceptors (Lipinski definition) is 10. The number of ether oxygens (including phenoxy) is 3. The molecule has 264 valence electrons. The number of hydrogen-bond donors (Lipinski definition) is 2. The Morgan fingerprint density at radius 3 is 2.36 bits per heavy atom. The molecule has 2 amide bonds. The molecule has 0 atom stereocenters. The van der Waals surface area contributed by atoms with E-state index in [2.05, 4.69) is 37.4 Å². The Morgan fingerprint density at radius 2 is 1.68 bits per heavy atom. The molecular weight excluding hydrogens is 641 g/mol. The number of para-hydroxylation sites is 1. The summed E-state index contributed by atoms with van der Waals surface area (Å²) in [6.45, 7) is 9.22. The van der Waals surface area contributed by atoms with E-state index < -0.39 is 11.7 Å². The summed E-state index contributed by atoms with van der Waals surface area (Å²) in [6, 6.07) is 14.9. The summed E-state index contributed by atoms with van der Waals surface area (Å²) in [5, 5.41) is 5.92. The molecule has 50 heavy (non-hydrogen) atoms. The summed E-state index contributed by atoms with van der Waals surface area (Å²) < 4.78 is 32.4. The lowest BCUT2D eigenvalue weighted by Crippen LogP contribution is -2.44. The number of aromatic nitrogens is 2. The topological polar surface area (TPSA) is 121 Å². The van der Waals surface area contributed by atoms with E-state index in [0.717, 1.165) is 50.3 Å². The maximum Gasteiger partial charge on any atom is 0.262 e. The van der Waals surface area contributed by atoms with Crippen molar-refractivity contribution in [3.63, 3.8) is 0 Å². The van der Waals surface area contributed by atoms with Crippen molar-refractivity contribution in [1.29, 1.82) is 0 Å². The molecule has 0 radical (unpaired) electrons. The van der Waals surface area contributed by atoms with Crippen molar-refractivity contribution in [3.8, 4) is 23.1 Å². The maximum atomic E-state index is 15.1. The molecule has 5 rings (SSSR count). The van der Waals surface area contributed by atoms with Crippen LogP contribution in [-0.4, -0.2) is 104 Å². The van der Waals surface area contributed by atoms with Crippen LogP contribution in [0.2, 0.25) is 0 Å². The predicted octanol–water partition coefficient (Wildman–Crippen LogP) is 5.75. The molecule has 3 aromatic carbocycles. The van der Waals surface area contributed by atoms with Gasteiger partial charge in [-0.2, -0.15) is 4.98 Å². The molecule has 0 aliphatic carbocycles. The number of amides is 2. The summed E-state index contributed by atoms with van der Waals surface area (Å²) in [5.74, 6) is -0.734. The van der Waals surface area contributed by atoms with Crippen LogP contribution in [0, 0.1) is 19.7 Å². The van der Waals surface area contributed by atoms with Gasteiger partial charge in [0, 0.05) is 70.5 Å². The highest BCUT2D eigenvalue weighted by atomic mass is 19.1. The number of nitrogens with zero attached hydrogens (tertiary/aromatic N) is 5. The van der Waals surface area contributed by atoms with Crippen molar-refractivity contribution in [3.05, 3.63) is 88.9 Å². The number of nitrogens with one attached hydrogen (secondary N) is 2. The second-order valence-corrected chi connectivity index (χ2v) is 12.4. The molecule has 0 saturated carbocycles. The fourth-order valence-corrected chi connectivity index (χ4v) is 5.46. The van der Waals surface area contributed by atoms with Gasteiger partial charge in [0.2, 0.25) is 11.8 Å². The second kappa shape index (κ2) is 16.4. The third kappa shape index (κ3) is 9.04. The van der Waals surface area contributed by atoms with Crippen molar-refractivity contribution in [2.75, 3.05) is 78.2 Å². The van der Waals surface area contributed by atoms with Crippen LogP contribution in [0.15, 0.2) is 60.8 Å². The zero-order valence-corrected chi connectivity index (χ0v) is 29.4. The van der Waals surface area contributed by atoms with Crippen LogP contribution in [0.4, 0.5) is 21.7 Å². The number of halogens is 1. The largest absolute Gasteiger partial charge is 0.497 e. The lowest BCUT2D eigenvalue weighted by atomic mass is 10.1. The molecule has 0 bridgehead atoms. The minimum absolute atomic E-state index is 0.0174. The first-order chi connectivity index (χ1) is 24.0. The third-order valence-electron chi connectivity index (χ3n) is 8.41. The van der Waals surface area contributed by atoms with Crippen LogP contribution in [0.5, 0.6) is 23.1 Å². The minimum Gasteiger partial charge on any atom is -0.497 e. The first kappa shape index (κ1) is 36.0. The number of methoxy groups -OCH3 is 1. The average molecular weight is 686 g/mol. The van der Waals surface area contributed by atoms with Gasteiger partial charge in [-0.1, -0.05) is 18.2 Å². The van der Waals surface area contributed by atoms with Gasteiger partial charge < -0.3 is 39.5 Å². The van der Waals surface area contributed by atoms with Crippen LogP contribution < -0.4 is 24.8 Å². The number of anilines is 3. The molecular formula is C37H44FN7O5. The van der Waals surface area contributed by atoms with Gasteiger partial charge in [-0.3, -0.25) is 9.59 Å². The lowest BCUT2D eigenvalue weighted by Gasteiger charge is -2.32. The number of piperazine rings is 1. The molecule has 4 aromatic rings. The van der Waals surface area contributed by atoms with Gasteiger partial charge in [-0.25, -0.2) is 9.37 Å². The first-order valence-electron chi connectivity index (χ1n) is 16.4. The number of carbonyl (C=O) groups is 2. The van der Waals surface area contributed by atoms with E-state index in [-0.39, 0.29) is 40.4 Å². The van der Waals surface area contributed by atoms with E-state index in [9.17, 15) is 9.59 Å². The zero-order valence-electron chi connectivity index (χ0n) is 29.4. The fraction of sp³-hybridized carbons (Fsp3) is 0.351. The van der Waals surface area contributed by atoms with Crippen molar-refractivity contribution in [2.24, 2.45) is 0 Å². The smallest absolute Gasteiger partial charge is 0.262 e. The van der Waals surface area contributed by atoms with Crippen LogP contribution in [0.3, 0.4) is 0 Å². The second-order valence-electron chi connectivity index (χ2n) is 12.4. The summed E-state index contributed by atoms with van der Waals surface area (Å²) in [5.41, 5.74) is 2.97. The quantitative estimate of drug-likeness (QED) is 0.168. The van der Waals surface area contributed by atoms with Gasteiger partial charge in [0.25, 0.3) is 11.8 Å². The molecule has 1 aliphatic rings. The van der Waals surface area contributed by atoms with Gasteiger partial charge in [0.05, 0.1) is 19.3 Å². The van der Waals surface area contributed by atoms with E-state index in [1.165, 1.54) is 24.3 Å². The summed E-state index contributed by atoms with van der Waals surface area (Å²) >= 11 is 0. The Bertz CT molecular complexity index is 1810. The van der Waals surface area contributed by atoms with Crippen molar-refractivity contribution < 1.29 is 28.2 Å². The number of likely N-dealkylation sites (N-methyl/N-ethyl adjacent to an activating group) is 1. The van der Waals surface area contributed by atoms with Crippen LogP contribution in [-0.2, 0) is 0 Å². The van der Waals surface area contributed by atoms with E-state index in [0.29, 0.717) is 23.7 Å². The van der Waals surface area contributed by atoms with E-state index in [1.807, 2.05) is 32.0 Å². The average Bonchev–Trinajstić information content (AvgIpc) is 3.09. The highest BCUT2D eigenvalue weighted by Crippen LogP contribution is 2.32. The molecule has 0 unspecified atom stereocenters. The molecule has 2 N–H and O–H groups in total. The molecule has 12 nitrogen and oxygen atoms in total. The lowest BCUT2D eigenvalue weighted by molar-refractivity contribution is 0.0824. The minimum atomic E-state index is -0.541. The predicted molar refractivity (Wildman–Crippen MR) is 191 cm³/mol. The Labute approximate surface area is 292 Å². The maximum absolute atomic E-state index is 15.1. The first-order valence-corrected chi connectivity index (χ1v) is 16.4. The molecule has 1 fully saturated rings. The third-order valence-corrected chi connectivity index (χ3v) is 8.41. The van der Waals surface area contributed by atoms with Crippen molar-refractivity contribution in [2.45, 2.75) is 20.3 Å². The summed E-state index contributed by atoms with van der Waals surface area (Å²) in [4.78, 5) is 41.7. The number of benzene rings is 3. The normalized spacial score (nSPS) is 13.4. The Kier molecular flexibility index (Phi) is 11.8. The van der Waals surface area contributed by atoms with Gasteiger partial charge in [0.15, 0.2) is 11.6 Å². The van der Waals surface area contributed by atoms with E-state index in [1.54, 1.807) is 44.4 Å². The SMILES string of the molecule is COc1ccc(Oc2nc(Nc3ccc(OCCCN4CCN(C)CC4)c(F)c3)ncc2C(=O)Nc2c(C)cccc2C)c(C(=O)N(C)C)c1. The fourth-order valence-electron chi connectivity index (χ4n) is 5.46. The summed E-state index contributed by atoms with van der Waals surface area (Å²) in [7, 11) is 6.85. The zero-order chi connectivity index (χ0) is 35.8. The number of aryl methyl sites for hydroxylation is 2. The molecule has 1 aromatic heterocycles. The molecule has 2 heterocycles. The van der Waals surface area contributed by atoms with Gasteiger partial charge in [-0.05, 0) is 68.8 Å². The van der Waals surface area contributed by atoms with Crippen LogP contribution in [0.25, 0.3) is 0 Å². The highest BCUT2D eigenvalue weighted by Gasteiger charge is 2.23. The Morgan fingerprint density at radius 1 is 0.960 bits per heavy atom. The number of rotatable bonds is 13. The monoisotopic (exact) mass is 685 g/mol. The van der Waals surface area contributed by atoms with Crippen LogP contribution >= 0.6 is 0 Å². The standard InChI is InChI=1S/C37H44FN7O5/c1-24-9-7-10-25(2)33(24)41-34(46)29-23-39-37(42-35(29)50-31-14-12-27(48-6)22-28(31)36(47)43(3)4)40-26-11-13-32(30(38)21-26)49-20-8-15-45-18-16-44(5)17-19-45/h7,9-14,21-23H,8,15-20H2,1-6H3,(H,41,46)(H,39,40,42). The Balaban J connectivity index is 1.37. The van der Waals surface area contributed by atoms with Crippen molar-refractivity contribution in [1.82, 2.24) is 24.7 Å². The molecule has 13 heteroatoms. The van der Waals surface area contributed by atoms with E-state index >= 15 is 4.39 Å². The molecule has 1 aliphatic heterocycles. The highest BCUT2D eigenvalue weighted by molar-refractivity contribution is 6.06. The number of carbonyl (C=O) groups excluding carboxylic acids is 2. The van der Waals surface area contributed by atoms with Gasteiger partial charge in [-0.15, -0.1) is 0 Å². The summed E-state index contributed by atoms with van der Waals surface area (Å²) in [6.07, 6.45) is 2.11. The van der Waals surface area contributed by atoms with Crippen molar-refractivity contribution >= 4 is 29.1 Å².